The standard InChI is InChI=1S/C15H14BrN5/c1-9-4-3-5-14(10(9)2)21-15(18-19-20-21)11-6-7-12(16)13(17)8-11/h3-8H,17H2,1-2H3. The van der Waals surface area contributed by atoms with Crippen LogP contribution < -0.4 is 5.73 Å². The van der Waals surface area contributed by atoms with Crippen molar-refractivity contribution in [1.29, 1.82) is 0 Å². The Morgan fingerprint density at radius 1 is 1.14 bits per heavy atom. The lowest BCUT2D eigenvalue weighted by atomic mass is 10.1. The van der Waals surface area contributed by atoms with E-state index < -0.39 is 0 Å². The second-order valence-corrected chi connectivity index (χ2v) is 5.72. The van der Waals surface area contributed by atoms with Crippen molar-refractivity contribution in [2.24, 2.45) is 0 Å². The molecule has 0 spiro atoms. The van der Waals surface area contributed by atoms with Crippen molar-refractivity contribution in [3.05, 3.63) is 52.0 Å². The van der Waals surface area contributed by atoms with E-state index in [1.165, 1.54) is 5.56 Å². The van der Waals surface area contributed by atoms with Gasteiger partial charge in [0.25, 0.3) is 0 Å². The number of rotatable bonds is 2. The number of hydrogen-bond donors (Lipinski definition) is 1. The van der Waals surface area contributed by atoms with Crippen molar-refractivity contribution >= 4 is 21.6 Å². The van der Waals surface area contributed by atoms with Crippen molar-refractivity contribution in [3.63, 3.8) is 0 Å². The monoisotopic (exact) mass is 343 g/mol. The fourth-order valence-electron chi connectivity index (χ4n) is 2.18. The Kier molecular flexibility index (Phi) is 3.47. The number of halogens is 1. The van der Waals surface area contributed by atoms with E-state index in [0.29, 0.717) is 11.5 Å². The number of anilines is 1. The summed E-state index contributed by atoms with van der Waals surface area (Å²) >= 11 is 3.39. The number of benzene rings is 2. The molecule has 0 fully saturated rings. The molecule has 3 rings (SSSR count). The Hall–Kier alpha value is -2.21. The molecule has 21 heavy (non-hydrogen) atoms. The molecule has 0 bridgehead atoms. The van der Waals surface area contributed by atoms with Crippen LogP contribution in [-0.2, 0) is 0 Å². The summed E-state index contributed by atoms with van der Waals surface area (Å²) in [6.07, 6.45) is 0. The summed E-state index contributed by atoms with van der Waals surface area (Å²) in [7, 11) is 0. The van der Waals surface area contributed by atoms with E-state index in [-0.39, 0.29) is 0 Å². The third-order valence-electron chi connectivity index (χ3n) is 3.53. The normalized spacial score (nSPS) is 10.8. The molecule has 0 saturated carbocycles. The van der Waals surface area contributed by atoms with Crippen molar-refractivity contribution in [2.75, 3.05) is 5.73 Å². The smallest absolute Gasteiger partial charge is 0.187 e. The number of nitrogens with two attached hydrogens (primary N) is 1. The number of nitrogens with zero attached hydrogens (tertiary/aromatic N) is 4. The highest BCUT2D eigenvalue weighted by atomic mass is 79.9. The van der Waals surface area contributed by atoms with Crippen LogP contribution in [0.2, 0.25) is 0 Å². The second kappa shape index (κ2) is 5.29. The van der Waals surface area contributed by atoms with E-state index in [0.717, 1.165) is 21.3 Å². The van der Waals surface area contributed by atoms with Gasteiger partial charge in [-0.25, -0.2) is 0 Å². The Bertz CT molecular complexity index is 810. The summed E-state index contributed by atoms with van der Waals surface area (Å²) in [5, 5.41) is 12.1. The Morgan fingerprint density at radius 2 is 1.95 bits per heavy atom. The van der Waals surface area contributed by atoms with Crippen molar-refractivity contribution in [3.8, 4) is 17.1 Å². The van der Waals surface area contributed by atoms with Gasteiger partial charge in [0.2, 0.25) is 0 Å². The first-order valence-electron chi connectivity index (χ1n) is 6.48. The average Bonchev–Trinajstić information content (AvgIpc) is 2.94. The molecule has 0 radical (unpaired) electrons. The minimum Gasteiger partial charge on any atom is -0.398 e. The highest BCUT2D eigenvalue weighted by Gasteiger charge is 2.14. The fraction of sp³-hybridized carbons (Fsp3) is 0.133. The SMILES string of the molecule is Cc1cccc(-n2nnnc2-c2ccc(Br)c(N)c2)c1C. The van der Waals surface area contributed by atoms with Crippen LogP contribution in [0.1, 0.15) is 11.1 Å². The zero-order valence-electron chi connectivity index (χ0n) is 11.7. The van der Waals surface area contributed by atoms with E-state index in [1.807, 2.05) is 30.3 Å². The lowest BCUT2D eigenvalue weighted by Crippen LogP contribution is -2.03. The van der Waals surface area contributed by atoms with Gasteiger partial charge in [-0.15, -0.1) is 5.10 Å². The molecule has 6 heteroatoms. The minimum atomic E-state index is 0.656. The van der Waals surface area contributed by atoms with Gasteiger partial charge in [0.05, 0.1) is 5.69 Å². The van der Waals surface area contributed by atoms with Gasteiger partial charge in [-0.2, -0.15) is 4.68 Å². The van der Waals surface area contributed by atoms with Gasteiger partial charge >= 0.3 is 0 Å². The van der Waals surface area contributed by atoms with Gasteiger partial charge in [-0.3, -0.25) is 0 Å². The second-order valence-electron chi connectivity index (χ2n) is 4.87. The lowest BCUT2D eigenvalue weighted by molar-refractivity contribution is 0.786. The Balaban J connectivity index is 2.17. The van der Waals surface area contributed by atoms with E-state index in [1.54, 1.807) is 4.68 Å². The Morgan fingerprint density at radius 3 is 2.71 bits per heavy atom. The first-order chi connectivity index (χ1) is 10.1. The van der Waals surface area contributed by atoms with E-state index >= 15 is 0 Å². The average molecular weight is 344 g/mol. The molecule has 1 aromatic heterocycles. The third kappa shape index (κ3) is 2.42. The molecule has 0 aliphatic heterocycles. The molecule has 0 saturated heterocycles. The topological polar surface area (TPSA) is 69.6 Å². The predicted molar refractivity (Wildman–Crippen MR) is 86.2 cm³/mol. The lowest BCUT2D eigenvalue weighted by Gasteiger charge is -2.10. The van der Waals surface area contributed by atoms with Crippen LogP contribution in [-0.4, -0.2) is 20.2 Å². The summed E-state index contributed by atoms with van der Waals surface area (Å²) in [6.45, 7) is 4.13. The maximum Gasteiger partial charge on any atom is 0.187 e. The number of aromatic nitrogens is 4. The summed E-state index contributed by atoms with van der Waals surface area (Å²) in [6, 6.07) is 11.8. The first-order valence-corrected chi connectivity index (χ1v) is 7.27. The Labute approximate surface area is 130 Å². The number of aryl methyl sites for hydroxylation is 1. The van der Waals surface area contributed by atoms with Crippen molar-refractivity contribution in [2.45, 2.75) is 13.8 Å². The van der Waals surface area contributed by atoms with Crippen LogP contribution in [0.25, 0.3) is 17.1 Å². The molecule has 5 nitrogen and oxygen atoms in total. The molecule has 0 aliphatic carbocycles. The molecule has 2 aromatic carbocycles. The molecule has 106 valence electrons. The number of tetrazole rings is 1. The minimum absolute atomic E-state index is 0.656. The molecule has 0 unspecified atom stereocenters. The van der Waals surface area contributed by atoms with Gasteiger partial charge < -0.3 is 5.73 Å². The number of hydrogen-bond acceptors (Lipinski definition) is 4. The zero-order chi connectivity index (χ0) is 15.0. The highest BCUT2D eigenvalue weighted by molar-refractivity contribution is 9.10. The van der Waals surface area contributed by atoms with Crippen molar-refractivity contribution < 1.29 is 0 Å². The fourth-order valence-corrected chi connectivity index (χ4v) is 2.42. The molecule has 0 atom stereocenters. The summed E-state index contributed by atoms with van der Waals surface area (Å²) in [5.41, 5.74) is 10.8. The molecule has 0 aliphatic rings. The predicted octanol–water partition coefficient (Wildman–Crippen LogP) is 3.29. The van der Waals surface area contributed by atoms with Crippen molar-refractivity contribution in [1.82, 2.24) is 20.2 Å². The summed E-state index contributed by atoms with van der Waals surface area (Å²) in [4.78, 5) is 0. The van der Waals surface area contributed by atoms with E-state index in [9.17, 15) is 0 Å². The molecule has 0 amide bonds. The van der Waals surface area contributed by atoms with Gasteiger partial charge in [0.15, 0.2) is 5.82 Å². The van der Waals surface area contributed by atoms with Gasteiger partial charge in [0.1, 0.15) is 0 Å². The highest BCUT2D eigenvalue weighted by Crippen LogP contribution is 2.27. The van der Waals surface area contributed by atoms with Crippen LogP contribution in [0.3, 0.4) is 0 Å². The van der Waals surface area contributed by atoms with Crippen LogP contribution in [0, 0.1) is 13.8 Å². The van der Waals surface area contributed by atoms with Gasteiger partial charge in [-0.1, -0.05) is 12.1 Å². The number of nitrogen functional groups attached to an aromatic ring is 1. The molecular weight excluding hydrogens is 330 g/mol. The maximum atomic E-state index is 5.94. The van der Waals surface area contributed by atoms with Crippen LogP contribution in [0.15, 0.2) is 40.9 Å². The van der Waals surface area contributed by atoms with Crippen LogP contribution in [0.4, 0.5) is 5.69 Å². The maximum absolute atomic E-state index is 5.94. The first kappa shape index (κ1) is 13.8. The third-order valence-corrected chi connectivity index (χ3v) is 4.25. The molecule has 2 N–H and O–H groups in total. The summed E-state index contributed by atoms with van der Waals surface area (Å²) in [5.74, 6) is 0.669. The quantitative estimate of drug-likeness (QED) is 0.725. The van der Waals surface area contributed by atoms with E-state index in [4.69, 9.17) is 5.73 Å². The van der Waals surface area contributed by atoms with Gasteiger partial charge in [0, 0.05) is 15.7 Å². The van der Waals surface area contributed by atoms with Crippen LogP contribution >= 0.6 is 15.9 Å². The van der Waals surface area contributed by atoms with Gasteiger partial charge in [-0.05, 0) is 75.6 Å². The van der Waals surface area contributed by atoms with Crippen LogP contribution in [0.5, 0.6) is 0 Å². The zero-order valence-corrected chi connectivity index (χ0v) is 13.3. The largest absolute Gasteiger partial charge is 0.398 e. The molecule has 1 heterocycles. The molecule has 3 aromatic rings. The summed E-state index contributed by atoms with van der Waals surface area (Å²) < 4.78 is 2.60. The molecular formula is C15H14BrN5. The van der Waals surface area contributed by atoms with E-state index in [2.05, 4.69) is 51.4 Å².